The summed E-state index contributed by atoms with van der Waals surface area (Å²) in [4.78, 5) is 22.7. The molecule has 1 rings (SSSR count). The quantitative estimate of drug-likeness (QED) is 0.836. The second-order valence-electron chi connectivity index (χ2n) is 6.54. The Morgan fingerprint density at radius 2 is 1.86 bits per heavy atom. The molecule has 0 heterocycles. The molecule has 0 aromatic rings. The monoisotopic (exact) mass is 307 g/mol. The third-order valence-corrected chi connectivity index (χ3v) is 3.43. The number of aliphatic carboxylic acids is 1. The Bertz CT molecular complexity index is 383. The summed E-state index contributed by atoms with van der Waals surface area (Å²) >= 11 is 0. The second-order valence-corrected chi connectivity index (χ2v) is 6.54. The Morgan fingerprint density at radius 3 is 2.29 bits per heavy atom. The Morgan fingerprint density at radius 1 is 1.33 bits per heavy atom. The first-order chi connectivity index (χ1) is 9.48. The average molecular weight is 307 g/mol. The average Bonchev–Trinajstić information content (AvgIpc) is 2.24. The third kappa shape index (κ3) is 6.73. The number of carbonyl (C=O) groups excluding carboxylic acids is 1. The van der Waals surface area contributed by atoms with E-state index in [1.165, 1.54) is 0 Å². The fourth-order valence-corrected chi connectivity index (χ4v) is 2.45. The summed E-state index contributed by atoms with van der Waals surface area (Å²) in [6.07, 6.45) is -1.17. The van der Waals surface area contributed by atoms with Crippen molar-refractivity contribution in [2.75, 3.05) is 0 Å². The number of nitrogens with one attached hydrogen (secondary N) is 1. The number of alkyl halides is 2. The number of ether oxygens (including phenoxy) is 1. The van der Waals surface area contributed by atoms with Gasteiger partial charge in [-0.25, -0.2) is 13.6 Å². The normalized spacial score (nSPS) is 20.6. The van der Waals surface area contributed by atoms with Crippen LogP contribution in [-0.2, 0) is 9.53 Å². The molecule has 0 unspecified atom stereocenters. The number of amides is 1. The van der Waals surface area contributed by atoms with Gasteiger partial charge in [0.05, 0.1) is 6.42 Å². The van der Waals surface area contributed by atoms with Crippen LogP contribution in [-0.4, -0.2) is 34.7 Å². The van der Waals surface area contributed by atoms with Crippen LogP contribution in [0.4, 0.5) is 13.6 Å². The molecule has 1 aliphatic carbocycles. The molecule has 5 nitrogen and oxygen atoms in total. The van der Waals surface area contributed by atoms with Crippen LogP contribution in [0, 0.1) is 5.92 Å². The first kappa shape index (κ1) is 17.7. The zero-order valence-corrected chi connectivity index (χ0v) is 12.6. The first-order valence-corrected chi connectivity index (χ1v) is 7.08. The minimum absolute atomic E-state index is 0.195. The second kappa shape index (κ2) is 6.58. The van der Waals surface area contributed by atoms with Crippen LogP contribution in [0.5, 0.6) is 0 Å². The van der Waals surface area contributed by atoms with E-state index in [0.717, 1.165) is 0 Å². The first-order valence-electron chi connectivity index (χ1n) is 7.08. The lowest BCUT2D eigenvalue weighted by Gasteiger charge is -2.33. The molecule has 0 radical (unpaired) electrons. The molecule has 0 aromatic carbocycles. The van der Waals surface area contributed by atoms with Gasteiger partial charge in [0.1, 0.15) is 5.60 Å². The Labute approximate surface area is 123 Å². The SMILES string of the molecule is CC(C)(C)OC(=O)N[C@H](CC(=O)O)C1CCC(F)(F)CC1. The molecule has 2 N–H and O–H groups in total. The number of alkyl carbamates (subject to hydrolysis) is 1. The number of halogens is 2. The van der Waals surface area contributed by atoms with Gasteiger partial charge < -0.3 is 15.2 Å². The Balaban J connectivity index is 2.64. The lowest BCUT2D eigenvalue weighted by Crippen LogP contribution is -2.46. The van der Waals surface area contributed by atoms with Crippen molar-refractivity contribution in [2.24, 2.45) is 5.92 Å². The fraction of sp³-hybridized carbons (Fsp3) is 0.857. The lowest BCUT2D eigenvalue weighted by molar-refractivity contribution is -0.138. The van der Waals surface area contributed by atoms with Gasteiger partial charge in [-0.1, -0.05) is 0 Å². The lowest BCUT2D eigenvalue weighted by atomic mass is 9.81. The van der Waals surface area contributed by atoms with E-state index in [1.54, 1.807) is 20.8 Å². The zero-order chi connectivity index (χ0) is 16.3. The largest absolute Gasteiger partial charge is 0.481 e. The third-order valence-electron chi connectivity index (χ3n) is 3.43. The summed E-state index contributed by atoms with van der Waals surface area (Å²) in [5.41, 5.74) is -0.697. The topological polar surface area (TPSA) is 75.6 Å². The highest BCUT2D eigenvalue weighted by Crippen LogP contribution is 2.38. The predicted octanol–water partition coefficient (Wildman–Crippen LogP) is 3.18. The van der Waals surface area contributed by atoms with Crippen molar-refractivity contribution in [3.63, 3.8) is 0 Å². The fourth-order valence-electron chi connectivity index (χ4n) is 2.45. The number of carboxylic acid groups (broad SMARTS) is 1. The molecular weight excluding hydrogens is 284 g/mol. The van der Waals surface area contributed by atoms with Crippen LogP contribution in [0.3, 0.4) is 0 Å². The molecule has 0 spiro atoms. The smallest absolute Gasteiger partial charge is 0.407 e. The van der Waals surface area contributed by atoms with Gasteiger partial charge in [-0.3, -0.25) is 4.79 Å². The summed E-state index contributed by atoms with van der Waals surface area (Å²) in [6.45, 7) is 5.08. The van der Waals surface area contributed by atoms with Crippen molar-refractivity contribution in [2.45, 2.75) is 70.4 Å². The highest BCUT2D eigenvalue weighted by atomic mass is 19.3. The van der Waals surface area contributed by atoms with Gasteiger partial charge in [-0.05, 0) is 39.5 Å². The minimum atomic E-state index is -2.68. The molecule has 21 heavy (non-hydrogen) atoms. The van der Waals surface area contributed by atoms with Crippen molar-refractivity contribution in [1.29, 1.82) is 0 Å². The zero-order valence-electron chi connectivity index (χ0n) is 12.6. The van der Waals surface area contributed by atoms with Crippen LogP contribution in [0.2, 0.25) is 0 Å². The van der Waals surface area contributed by atoms with Gasteiger partial charge in [0, 0.05) is 18.9 Å². The summed E-state index contributed by atoms with van der Waals surface area (Å²) in [6, 6.07) is -0.687. The van der Waals surface area contributed by atoms with E-state index in [0.29, 0.717) is 0 Å². The number of carboxylic acids is 1. The predicted molar refractivity (Wildman–Crippen MR) is 72.3 cm³/mol. The van der Waals surface area contributed by atoms with Crippen molar-refractivity contribution in [3.8, 4) is 0 Å². The van der Waals surface area contributed by atoms with Gasteiger partial charge >= 0.3 is 12.1 Å². The van der Waals surface area contributed by atoms with Gasteiger partial charge in [-0.2, -0.15) is 0 Å². The van der Waals surface area contributed by atoms with Crippen LogP contribution >= 0.6 is 0 Å². The van der Waals surface area contributed by atoms with E-state index < -0.39 is 29.6 Å². The maximum Gasteiger partial charge on any atom is 0.407 e. The number of carbonyl (C=O) groups is 2. The maximum atomic E-state index is 13.2. The molecule has 0 bridgehead atoms. The van der Waals surface area contributed by atoms with Crippen molar-refractivity contribution in [3.05, 3.63) is 0 Å². The minimum Gasteiger partial charge on any atom is -0.481 e. The molecule has 0 aromatic heterocycles. The van der Waals surface area contributed by atoms with Crippen LogP contribution in [0.1, 0.15) is 52.9 Å². The highest BCUT2D eigenvalue weighted by Gasteiger charge is 2.38. The van der Waals surface area contributed by atoms with Gasteiger partial charge in [-0.15, -0.1) is 0 Å². The van der Waals surface area contributed by atoms with E-state index in [-0.39, 0.29) is 38.0 Å². The summed E-state index contributed by atoms with van der Waals surface area (Å²) in [5.74, 6) is -4.03. The summed E-state index contributed by atoms with van der Waals surface area (Å²) in [5, 5.41) is 11.4. The molecular formula is C14H23F2NO4. The summed E-state index contributed by atoms with van der Waals surface area (Å²) in [7, 11) is 0. The Kier molecular flexibility index (Phi) is 5.53. The van der Waals surface area contributed by atoms with Crippen LogP contribution in [0.15, 0.2) is 0 Å². The molecule has 1 amide bonds. The van der Waals surface area contributed by atoms with Gasteiger partial charge in [0.25, 0.3) is 0 Å². The number of hydrogen-bond donors (Lipinski definition) is 2. The molecule has 1 atom stereocenters. The molecule has 0 aliphatic heterocycles. The van der Waals surface area contributed by atoms with Gasteiger partial charge in [0.15, 0.2) is 0 Å². The van der Waals surface area contributed by atoms with E-state index in [1.807, 2.05) is 0 Å². The molecule has 0 saturated heterocycles. The van der Waals surface area contributed by atoms with E-state index >= 15 is 0 Å². The molecule has 1 aliphatic rings. The number of rotatable bonds is 4. The standard InChI is InChI=1S/C14H23F2NO4/c1-13(2,3)21-12(20)17-10(8-11(18)19)9-4-6-14(15,16)7-5-9/h9-10H,4-8H2,1-3H3,(H,17,20)(H,18,19)/t10-/m1/s1. The van der Waals surface area contributed by atoms with Gasteiger partial charge in [0.2, 0.25) is 5.92 Å². The van der Waals surface area contributed by atoms with Crippen molar-refractivity contribution >= 4 is 12.1 Å². The molecule has 122 valence electrons. The number of hydrogen-bond acceptors (Lipinski definition) is 3. The molecule has 1 fully saturated rings. The van der Waals surface area contributed by atoms with E-state index in [9.17, 15) is 18.4 Å². The van der Waals surface area contributed by atoms with Crippen LogP contribution in [0.25, 0.3) is 0 Å². The maximum absolute atomic E-state index is 13.2. The highest BCUT2D eigenvalue weighted by molar-refractivity contribution is 5.71. The van der Waals surface area contributed by atoms with Crippen molar-refractivity contribution in [1.82, 2.24) is 5.32 Å². The molecule has 7 heteroatoms. The Hall–Kier alpha value is -1.40. The summed E-state index contributed by atoms with van der Waals surface area (Å²) < 4.78 is 31.4. The van der Waals surface area contributed by atoms with E-state index in [2.05, 4.69) is 5.32 Å². The van der Waals surface area contributed by atoms with E-state index in [4.69, 9.17) is 9.84 Å². The van der Waals surface area contributed by atoms with Crippen molar-refractivity contribution < 1.29 is 28.2 Å². The molecule has 1 saturated carbocycles. The van der Waals surface area contributed by atoms with Crippen LogP contribution < -0.4 is 5.32 Å².